The lowest BCUT2D eigenvalue weighted by Crippen LogP contribution is -2.45. The minimum atomic E-state index is -0.953. The number of piperidine rings is 1. The van der Waals surface area contributed by atoms with Crippen molar-refractivity contribution < 1.29 is 18.0 Å². The number of aryl methyl sites for hydroxylation is 1. The maximum absolute atomic E-state index is 15.1. The summed E-state index contributed by atoms with van der Waals surface area (Å²) in [7, 11) is 0. The van der Waals surface area contributed by atoms with Gasteiger partial charge in [-0.15, -0.1) is 0 Å². The first-order chi connectivity index (χ1) is 17.9. The van der Waals surface area contributed by atoms with Crippen LogP contribution >= 0.6 is 11.6 Å². The molecule has 204 valence electrons. The quantitative estimate of drug-likeness (QED) is 0.473. The van der Waals surface area contributed by atoms with Crippen molar-refractivity contribution in [2.24, 2.45) is 23.0 Å². The Morgan fingerprint density at radius 3 is 2.50 bits per heavy atom. The van der Waals surface area contributed by atoms with Gasteiger partial charge in [0.25, 0.3) is 0 Å². The van der Waals surface area contributed by atoms with E-state index in [1.54, 1.807) is 23.7 Å². The maximum Gasteiger partial charge on any atom is 0.226 e. The van der Waals surface area contributed by atoms with Gasteiger partial charge in [0.15, 0.2) is 0 Å². The molecule has 0 radical (unpaired) electrons. The van der Waals surface area contributed by atoms with Crippen molar-refractivity contribution in [3.8, 4) is 5.69 Å². The third-order valence-electron chi connectivity index (χ3n) is 8.76. The molecule has 1 saturated carbocycles. The van der Waals surface area contributed by atoms with Crippen molar-refractivity contribution in [3.05, 3.63) is 70.3 Å². The van der Waals surface area contributed by atoms with Crippen LogP contribution in [0.1, 0.15) is 63.3 Å². The standard InChI is InChI=1S/C29H34ClF3N4O/c1-17-12-25(37(35-17)20-4-5-24(32)23(30)14-20)18-7-10-36(11-8-18)27(38)21-15-28(2,34)16-22(21)29(3)9-6-19(31)13-26(29)33/h4-6,12-14,18,21-22H,7-11,15-16,34H2,1-3H3. The maximum atomic E-state index is 15.1. The summed E-state index contributed by atoms with van der Waals surface area (Å²) in [5, 5.41) is 4.65. The first-order valence-electron chi connectivity index (χ1n) is 13.2. The zero-order valence-electron chi connectivity index (χ0n) is 22.0. The zero-order chi connectivity index (χ0) is 27.4. The van der Waals surface area contributed by atoms with Crippen LogP contribution < -0.4 is 5.73 Å². The number of aromatic nitrogens is 2. The van der Waals surface area contributed by atoms with Crippen LogP contribution in [0.3, 0.4) is 0 Å². The molecular formula is C29H34ClF3N4O. The summed E-state index contributed by atoms with van der Waals surface area (Å²) in [6, 6.07) is 6.58. The Morgan fingerprint density at radius 1 is 1.13 bits per heavy atom. The molecule has 4 atom stereocenters. The molecular weight excluding hydrogens is 513 g/mol. The SMILES string of the molecule is Cc1cc(C2CCN(C(=O)C3CC(C)(N)CC3C3(C)CC=C(F)C=C3F)CC2)n(-c2ccc(F)c(Cl)c2)n1. The molecule has 1 saturated heterocycles. The normalized spacial score (nSPS) is 30.4. The monoisotopic (exact) mass is 546 g/mol. The average Bonchev–Trinajstić information content (AvgIpc) is 3.42. The van der Waals surface area contributed by atoms with Gasteiger partial charge in [-0.2, -0.15) is 5.10 Å². The summed E-state index contributed by atoms with van der Waals surface area (Å²) >= 11 is 6.02. The van der Waals surface area contributed by atoms with Gasteiger partial charge < -0.3 is 10.6 Å². The number of allylic oxidation sites excluding steroid dienone is 4. The van der Waals surface area contributed by atoms with Crippen LogP contribution in [0.2, 0.25) is 5.02 Å². The van der Waals surface area contributed by atoms with E-state index in [1.807, 2.05) is 24.8 Å². The van der Waals surface area contributed by atoms with Crippen LogP contribution in [-0.2, 0) is 4.79 Å². The van der Waals surface area contributed by atoms with E-state index in [4.69, 9.17) is 17.3 Å². The van der Waals surface area contributed by atoms with Crippen molar-refractivity contribution in [1.29, 1.82) is 0 Å². The molecule has 9 heteroatoms. The Bertz CT molecular complexity index is 1310. The summed E-state index contributed by atoms with van der Waals surface area (Å²) in [5.41, 5.74) is 7.50. The summed E-state index contributed by atoms with van der Waals surface area (Å²) in [5.74, 6) is -2.14. The van der Waals surface area contributed by atoms with Crippen LogP contribution in [0.4, 0.5) is 13.2 Å². The number of benzene rings is 1. The van der Waals surface area contributed by atoms with E-state index >= 15 is 4.39 Å². The van der Waals surface area contributed by atoms with Gasteiger partial charge in [0.2, 0.25) is 5.91 Å². The number of nitrogens with zero attached hydrogens (tertiary/aromatic N) is 3. The topological polar surface area (TPSA) is 64.2 Å². The summed E-state index contributed by atoms with van der Waals surface area (Å²) in [6.45, 7) is 6.73. The highest BCUT2D eigenvalue weighted by Crippen LogP contribution is 2.55. The summed E-state index contributed by atoms with van der Waals surface area (Å²) in [4.78, 5) is 15.7. The highest BCUT2D eigenvalue weighted by molar-refractivity contribution is 6.30. The van der Waals surface area contributed by atoms with E-state index < -0.39 is 34.3 Å². The Hall–Kier alpha value is -2.58. The Labute approximate surface area is 226 Å². The Kier molecular flexibility index (Phi) is 7.01. The number of hydrogen-bond donors (Lipinski definition) is 1. The number of amides is 1. The van der Waals surface area contributed by atoms with Crippen molar-refractivity contribution in [2.75, 3.05) is 13.1 Å². The van der Waals surface area contributed by atoms with Crippen LogP contribution in [0.5, 0.6) is 0 Å². The molecule has 4 unspecified atom stereocenters. The number of carbonyl (C=O) groups is 1. The molecule has 2 heterocycles. The van der Waals surface area contributed by atoms with Crippen molar-refractivity contribution in [1.82, 2.24) is 14.7 Å². The van der Waals surface area contributed by atoms with Gasteiger partial charge in [0, 0.05) is 47.6 Å². The second-order valence-corrected chi connectivity index (χ2v) is 12.2. The van der Waals surface area contributed by atoms with Gasteiger partial charge in [0.1, 0.15) is 17.5 Å². The highest BCUT2D eigenvalue weighted by Gasteiger charge is 2.54. The summed E-state index contributed by atoms with van der Waals surface area (Å²) < 4.78 is 44.4. The molecule has 2 aliphatic carbocycles. The number of hydrogen-bond acceptors (Lipinski definition) is 3. The minimum Gasteiger partial charge on any atom is -0.342 e. The molecule has 5 nitrogen and oxygen atoms in total. The molecule has 1 amide bonds. The van der Waals surface area contributed by atoms with Gasteiger partial charge in [-0.25, -0.2) is 17.9 Å². The fraction of sp³-hybridized carbons (Fsp3) is 0.517. The predicted octanol–water partition coefficient (Wildman–Crippen LogP) is 6.54. The van der Waals surface area contributed by atoms with Gasteiger partial charge in [-0.05, 0) is 82.2 Å². The first-order valence-corrected chi connectivity index (χ1v) is 13.6. The fourth-order valence-corrected chi connectivity index (χ4v) is 6.82. The van der Waals surface area contributed by atoms with Gasteiger partial charge in [-0.3, -0.25) is 4.79 Å². The smallest absolute Gasteiger partial charge is 0.226 e. The number of carbonyl (C=O) groups excluding carboxylic acids is 1. The van der Waals surface area contributed by atoms with Crippen LogP contribution in [0, 0.1) is 30.0 Å². The molecule has 3 aliphatic rings. The largest absolute Gasteiger partial charge is 0.342 e. The molecule has 2 aromatic rings. The molecule has 0 bridgehead atoms. The number of nitrogens with two attached hydrogens (primary N) is 1. The number of likely N-dealkylation sites (tertiary alicyclic amines) is 1. The third-order valence-corrected chi connectivity index (χ3v) is 9.05. The molecule has 0 spiro atoms. The number of halogens is 4. The molecule has 2 N–H and O–H groups in total. The van der Waals surface area contributed by atoms with Crippen LogP contribution in [0.15, 0.2) is 48.1 Å². The summed E-state index contributed by atoms with van der Waals surface area (Å²) in [6.07, 6.45) is 5.02. The van der Waals surface area contributed by atoms with Crippen molar-refractivity contribution in [2.45, 2.75) is 64.3 Å². The minimum absolute atomic E-state index is 0.00156. The van der Waals surface area contributed by atoms with Gasteiger partial charge >= 0.3 is 0 Å². The second-order valence-electron chi connectivity index (χ2n) is 11.8. The molecule has 2 fully saturated rings. The second kappa shape index (κ2) is 9.87. The predicted molar refractivity (Wildman–Crippen MR) is 142 cm³/mol. The average molecular weight is 547 g/mol. The third kappa shape index (κ3) is 4.93. The van der Waals surface area contributed by atoms with Crippen molar-refractivity contribution in [3.63, 3.8) is 0 Å². The molecule has 1 aliphatic heterocycles. The van der Waals surface area contributed by atoms with Crippen LogP contribution in [-0.4, -0.2) is 39.2 Å². The molecule has 1 aromatic heterocycles. The van der Waals surface area contributed by atoms with E-state index in [0.29, 0.717) is 31.6 Å². The van der Waals surface area contributed by atoms with E-state index in [1.165, 1.54) is 12.1 Å². The lowest BCUT2D eigenvalue weighted by molar-refractivity contribution is -0.139. The zero-order valence-corrected chi connectivity index (χ0v) is 22.7. The van der Waals surface area contributed by atoms with Crippen molar-refractivity contribution >= 4 is 17.5 Å². The molecule has 1 aromatic carbocycles. The Morgan fingerprint density at radius 2 is 1.84 bits per heavy atom. The van der Waals surface area contributed by atoms with Gasteiger partial charge in [0.05, 0.1) is 16.4 Å². The number of rotatable bonds is 4. The van der Waals surface area contributed by atoms with Gasteiger partial charge in [-0.1, -0.05) is 18.5 Å². The lowest BCUT2D eigenvalue weighted by atomic mass is 9.67. The fourth-order valence-electron chi connectivity index (χ4n) is 6.65. The Balaban J connectivity index is 1.32. The van der Waals surface area contributed by atoms with Crippen LogP contribution in [0.25, 0.3) is 5.69 Å². The first kappa shape index (κ1) is 27.0. The van der Waals surface area contributed by atoms with E-state index in [0.717, 1.165) is 30.3 Å². The highest BCUT2D eigenvalue weighted by atomic mass is 35.5. The molecule has 38 heavy (non-hydrogen) atoms. The van der Waals surface area contributed by atoms with E-state index in [9.17, 15) is 13.6 Å². The lowest BCUT2D eigenvalue weighted by Gasteiger charge is -2.40. The van der Waals surface area contributed by atoms with E-state index in [2.05, 4.69) is 5.10 Å². The molecule has 5 rings (SSSR count). The van der Waals surface area contributed by atoms with E-state index in [-0.39, 0.29) is 29.2 Å².